The van der Waals surface area contributed by atoms with Crippen LogP contribution >= 0.6 is 0 Å². The van der Waals surface area contributed by atoms with E-state index in [4.69, 9.17) is 4.74 Å². The number of benzene rings is 1. The maximum atomic E-state index is 12.5. The molecule has 2 aliphatic rings. The van der Waals surface area contributed by atoms with Crippen LogP contribution in [0.3, 0.4) is 0 Å². The first kappa shape index (κ1) is 15.7. The second-order valence-electron chi connectivity index (χ2n) is 6.60. The summed E-state index contributed by atoms with van der Waals surface area (Å²) in [5, 5.41) is 13.8. The number of ether oxygens (including phenoxy) is 1. The lowest BCUT2D eigenvalue weighted by molar-refractivity contribution is -0.142. The van der Waals surface area contributed by atoms with Gasteiger partial charge >= 0.3 is 5.97 Å². The Bertz CT molecular complexity index is 845. The fourth-order valence-electron chi connectivity index (χ4n) is 3.75. The first-order valence-corrected chi connectivity index (χ1v) is 8.28. The lowest BCUT2D eigenvalue weighted by Crippen LogP contribution is -2.30. The highest BCUT2D eigenvalue weighted by molar-refractivity contribution is 5.87. The highest BCUT2D eigenvalue weighted by Crippen LogP contribution is 2.41. The molecule has 2 aromatic rings. The van der Waals surface area contributed by atoms with Crippen LogP contribution in [0.15, 0.2) is 30.6 Å². The number of hydrogen-bond donors (Lipinski definition) is 1. The molecule has 1 saturated heterocycles. The van der Waals surface area contributed by atoms with Crippen LogP contribution in [0.4, 0.5) is 0 Å². The van der Waals surface area contributed by atoms with Gasteiger partial charge < -0.3 is 14.7 Å². The van der Waals surface area contributed by atoms with Gasteiger partial charge in [-0.15, -0.1) is 0 Å². The van der Waals surface area contributed by atoms with Crippen molar-refractivity contribution in [3.63, 3.8) is 0 Å². The normalized spacial score (nSPS) is 22.1. The zero-order valence-electron chi connectivity index (χ0n) is 13.9. The SMILES string of the molecule is Cn1cc(CN2C(=O)C[C@@H](C(=O)O)[C@@H]2c2ccc3c(c2)CCO3)cn1. The molecule has 1 fully saturated rings. The van der Waals surface area contributed by atoms with Crippen LogP contribution in [0.5, 0.6) is 5.75 Å². The molecule has 4 rings (SSSR count). The van der Waals surface area contributed by atoms with Gasteiger partial charge in [-0.1, -0.05) is 6.07 Å². The molecule has 1 aromatic heterocycles. The number of carboxylic acid groups (broad SMARTS) is 1. The number of aryl methyl sites for hydroxylation is 1. The van der Waals surface area contributed by atoms with Crippen molar-refractivity contribution in [3.8, 4) is 5.75 Å². The van der Waals surface area contributed by atoms with Gasteiger partial charge in [-0.25, -0.2) is 0 Å². The summed E-state index contributed by atoms with van der Waals surface area (Å²) in [6.07, 6.45) is 4.38. The van der Waals surface area contributed by atoms with Crippen LogP contribution in [0, 0.1) is 5.92 Å². The van der Waals surface area contributed by atoms with Gasteiger partial charge in [0.1, 0.15) is 5.75 Å². The Morgan fingerprint density at radius 3 is 3.00 bits per heavy atom. The van der Waals surface area contributed by atoms with Crippen LogP contribution in [-0.4, -0.2) is 38.3 Å². The number of aromatic nitrogens is 2. The van der Waals surface area contributed by atoms with Crippen molar-refractivity contribution in [2.24, 2.45) is 13.0 Å². The Balaban J connectivity index is 1.70. The molecule has 2 aliphatic heterocycles. The summed E-state index contributed by atoms with van der Waals surface area (Å²) in [5.41, 5.74) is 2.81. The largest absolute Gasteiger partial charge is 0.493 e. The Hall–Kier alpha value is -2.83. The average molecular weight is 341 g/mol. The first-order valence-electron chi connectivity index (χ1n) is 8.28. The number of hydrogen-bond acceptors (Lipinski definition) is 4. The molecule has 25 heavy (non-hydrogen) atoms. The van der Waals surface area contributed by atoms with E-state index in [2.05, 4.69) is 5.10 Å². The number of carboxylic acids is 1. The molecule has 1 amide bonds. The Kier molecular flexibility index (Phi) is 3.71. The molecular formula is C18H19N3O4. The van der Waals surface area contributed by atoms with Crippen molar-refractivity contribution in [2.75, 3.05) is 6.61 Å². The van der Waals surface area contributed by atoms with Crippen molar-refractivity contribution in [1.82, 2.24) is 14.7 Å². The monoisotopic (exact) mass is 341 g/mol. The number of fused-ring (bicyclic) bond motifs is 1. The van der Waals surface area contributed by atoms with Crippen molar-refractivity contribution in [1.29, 1.82) is 0 Å². The molecule has 7 heteroatoms. The molecular weight excluding hydrogens is 322 g/mol. The van der Waals surface area contributed by atoms with Gasteiger partial charge in [0.25, 0.3) is 0 Å². The molecule has 3 heterocycles. The molecule has 0 aliphatic carbocycles. The van der Waals surface area contributed by atoms with Crippen molar-refractivity contribution < 1.29 is 19.4 Å². The summed E-state index contributed by atoms with van der Waals surface area (Å²) >= 11 is 0. The third-order valence-electron chi connectivity index (χ3n) is 4.92. The number of carbonyl (C=O) groups is 2. The van der Waals surface area contributed by atoms with Crippen molar-refractivity contribution in [2.45, 2.75) is 25.4 Å². The minimum atomic E-state index is -0.941. The zero-order valence-corrected chi connectivity index (χ0v) is 13.9. The minimum Gasteiger partial charge on any atom is -0.493 e. The minimum absolute atomic E-state index is 0.0217. The molecule has 2 atom stereocenters. The number of likely N-dealkylation sites (tertiary alicyclic amines) is 1. The molecule has 0 unspecified atom stereocenters. The lowest BCUT2D eigenvalue weighted by Gasteiger charge is -2.27. The van der Waals surface area contributed by atoms with E-state index in [0.717, 1.165) is 28.9 Å². The van der Waals surface area contributed by atoms with E-state index in [1.807, 2.05) is 31.4 Å². The number of carbonyl (C=O) groups excluding carboxylic acids is 1. The summed E-state index contributed by atoms with van der Waals surface area (Å²) < 4.78 is 7.20. The smallest absolute Gasteiger partial charge is 0.309 e. The molecule has 130 valence electrons. The third-order valence-corrected chi connectivity index (χ3v) is 4.92. The van der Waals surface area contributed by atoms with Crippen LogP contribution in [0.2, 0.25) is 0 Å². The van der Waals surface area contributed by atoms with Gasteiger partial charge in [-0.3, -0.25) is 14.3 Å². The maximum Gasteiger partial charge on any atom is 0.309 e. The third kappa shape index (κ3) is 2.75. The van der Waals surface area contributed by atoms with Crippen molar-refractivity contribution in [3.05, 3.63) is 47.3 Å². The van der Waals surface area contributed by atoms with E-state index in [9.17, 15) is 14.7 Å². The topological polar surface area (TPSA) is 84.7 Å². The predicted octanol–water partition coefficient (Wildman–Crippen LogP) is 1.53. The number of rotatable bonds is 4. The molecule has 1 aromatic carbocycles. The van der Waals surface area contributed by atoms with Gasteiger partial charge in [0.15, 0.2) is 0 Å². The van der Waals surface area contributed by atoms with Crippen LogP contribution < -0.4 is 4.74 Å². The van der Waals surface area contributed by atoms with Crippen LogP contribution in [0.25, 0.3) is 0 Å². The lowest BCUT2D eigenvalue weighted by atomic mass is 9.92. The number of amides is 1. The molecule has 0 saturated carbocycles. The van der Waals surface area contributed by atoms with E-state index in [-0.39, 0.29) is 12.3 Å². The second kappa shape index (κ2) is 5.91. The fraction of sp³-hybridized carbons (Fsp3) is 0.389. The molecule has 1 N–H and O–H groups in total. The molecule has 7 nitrogen and oxygen atoms in total. The quantitative estimate of drug-likeness (QED) is 0.912. The summed E-state index contributed by atoms with van der Waals surface area (Å²) in [4.78, 5) is 25.9. The fourth-order valence-corrected chi connectivity index (χ4v) is 3.75. The highest BCUT2D eigenvalue weighted by atomic mass is 16.5. The Morgan fingerprint density at radius 1 is 1.44 bits per heavy atom. The molecule has 0 bridgehead atoms. The van der Waals surface area contributed by atoms with Crippen LogP contribution in [0.1, 0.15) is 29.2 Å². The standard InChI is InChI=1S/C18H19N3O4/c1-20-9-11(8-19-20)10-21-16(22)7-14(18(23)24)17(21)13-2-3-15-12(6-13)4-5-25-15/h2-3,6,8-9,14,17H,4-5,7,10H2,1H3,(H,23,24)/t14-,17+/m1/s1. The molecule has 0 radical (unpaired) electrons. The van der Waals surface area contributed by atoms with Gasteiger partial charge in [-0.05, 0) is 23.3 Å². The maximum absolute atomic E-state index is 12.5. The average Bonchev–Trinajstić information content (AvgIpc) is 3.27. The van der Waals surface area contributed by atoms with Gasteiger partial charge in [0.05, 0.1) is 24.8 Å². The van der Waals surface area contributed by atoms with Crippen molar-refractivity contribution >= 4 is 11.9 Å². The zero-order chi connectivity index (χ0) is 17.6. The Labute approximate surface area is 144 Å². The van der Waals surface area contributed by atoms with E-state index in [0.29, 0.717) is 13.2 Å². The summed E-state index contributed by atoms with van der Waals surface area (Å²) in [6.45, 7) is 0.999. The Morgan fingerprint density at radius 2 is 2.28 bits per heavy atom. The summed E-state index contributed by atoms with van der Waals surface area (Å²) in [7, 11) is 1.81. The van der Waals surface area contributed by atoms with E-state index in [1.54, 1.807) is 15.8 Å². The van der Waals surface area contributed by atoms with Gasteiger partial charge in [0, 0.05) is 38.2 Å². The highest BCUT2D eigenvalue weighted by Gasteiger charge is 2.44. The van der Waals surface area contributed by atoms with E-state index >= 15 is 0 Å². The number of nitrogens with zero attached hydrogens (tertiary/aromatic N) is 3. The predicted molar refractivity (Wildman–Crippen MR) is 87.9 cm³/mol. The van der Waals surface area contributed by atoms with Crippen LogP contribution in [-0.2, 0) is 29.6 Å². The van der Waals surface area contributed by atoms with Gasteiger partial charge in [-0.2, -0.15) is 5.10 Å². The number of aliphatic carboxylic acids is 1. The molecule has 0 spiro atoms. The van der Waals surface area contributed by atoms with E-state index < -0.39 is 17.9 Å². The summed E-state index contributed by atoms with van der Waals surface area (Å²) in [6, 6.07) is 5.26. The first-order chi connectivity index (χ1) is 12.0. The van der Waals surface area contributed by atoms with Gasteiger partial charge in [0.2, 0.25) is 5.91 Å². The van der Waals surface area contributed by atoms with E-state index in [1.165, 1.54) is 0 Å². The summed E-state index contributed by atoms with van der Waals surface area (Å²) in [5.74, 6) is -0.981. The second-order valence-corrected chi connectivity index (χ2v) is 6.60.